The van der Waals surface area contributed by atoms with Gasteiger partial charge < -0.3 is 14.8 Å². The number of amides is 1. The van der Waals surface area contributed by atoms with Gasteiger partial charge in [-0.05, 0) is 53.6 Å². The number of methoxy groups -OCH3 is 1. The molecule has 1 saturated heterocycles. The van der Waals surface area contributed by atoms with E-state index in [-0.39, 0.29) is 11.9 Å². The third-order valence-corrected chi connectivity index (χ3v) is 5.78. The van der Waals surface area contributed by atoms with Crippen molar-refractivity contribution >= 4 is 29.2 Å². The van der Waals surface area contributed by atoms with Crippen LogP contribution in [0.4, 0.5) is 5.69 Å². The van der Waals surface area contributed by atoms with E-state index in [1.165, 1.54) is 0 Å². The molecule has 1 aliphatic rings. The van der Waals surface area contributed by atoms with Crippen LogP contribution in [0, 0.1) is 0 Å². The number of hydrogen-bond donors (Lipinski definition) is 2. The zero-order valence-electron chi connectivity index (χ0n) is 19.5. The van der Waals surface area contributed by atoms with Crippen molar-refractivity contribution < 1.29 is 14.3 Å². The maximum atomic E-state index is 13.1. The van der Waals surface area contributed by atoms with Gasteiger partial charge >= 0.3 is 0 Å². The summed E-state index contributed by atoms with van der Waals surface area (Å²) < 4.78 is 10.8. The van der Waals surface area contributed by atoms with Gasteiger partial charge in [0.2, 0.25) is 5.96 Å². The highest BCUT2D eigenvalue weighted by Crippen LogP contribution is 2.27. The van der Waals surface area contributed by atoms with E-state index in [0.29, 0.717) is 28.6 Å². The maximum Gasteiger partial charge on any atom is 0.257 e. The van der Waals surface area contributed by atoms with Crippen LogP contribution in [0.5, 0.6) is 5.75 Å². The number of guanidine groups is 1. The molecule has 0 radical (unpaired) electrons. The molecule has 0 saturated carbocycles. The lowest BCUT2D eigenvalue weighted by Crippen LogP contribution is -2.36. The topological polar surface area (TPSA) is 88.1 Å². The predicted molar refractivity (Wildman–Crippen MR) is 137 cm³/mol. The van der Waals surface area contributed by atoms with Crippen LogP contribution >= 0.6 is 11.6 Å². The third kappa shape index (κ3) is 7.26. The van der Waals surface area contributed by atoms with E-state index < -0.39 is 0 Å². The SMILES string of the molecule is COc1ccc(Cl)cc1NC(=NCc1ccncc1)NC(=O)c1ccc(CN2CCOCC2)cc1. The first-order chi connectivity index (χ1) is 17.1. The Hall–Kier alpha value is -3.46. The highest BCUT2D eigenvalue weighted by atomic mass is 35.5. The normalized spacial score (nSPS) is 14.4. The molecule has 1 fully saturated rings. The second-order valence-corrected chi connectivity index (χ2v) is 8.47. The van der Waals surface area contributed by atoms with Crippen LogP contribution in [0.2, 0.25) is 5.02 Å². The summed E-state index contributed by atoms with van der Waals surface area (Å²) >= 11 is 6.18. The summed E-state index contributed by atoms with van der Waals surface area (Å²) in [5, 5.41) is 6.56. The van der Waals surface area contributed by atoms with E-state index in [2.05, 4.69) is 25.5 Å². The van der Waals surface area contributed by atoms with Crippen molar-refractivity contribution in [3.63, 3.8) is 0 Å². The summed E-state index contributed by atoms with van der Waals surface area (Å²) in [6.45, 7) is 4.53. The number of hydrogen-bond acceptors (Lipinski definition) is 6. The monoisotopic (exact) mass is 493 g/mol. The molecular weight excluding hydrogens is 466 g/mol. The lowest BCUT2D eigenvalue weighted by Gasteiger charge is -2.26. The standard InChI is InChI=1S/C26H28ClN5O3/c1-34-24-7-6-22(27)16-23(24)30-26(29-17-19-8-10-28-11-9-19)31-25(33)21-4-2-20(3-5-21)18-32-12-14-35-15-13-32/h2-11,16H,12-15,17-18H2,1H3,(H2,29,30,31,33). The highest BCUT2D eigenvalue weighted by Gasteiger charge is 2.14. The van der Waals surface area contributed by atoms with Gasteiger partial charge in [-0.1, -0.05) is 23.7 Å². The van der Waals surface area contributed by atoms with Gasteiger partial charge in [0.05, 0.1) is 32.6 Å². The summed E-state index contributed by atoms with van der Waals surface area (Å²) in [6, 6.07) is 16.5. The number of benzene rings is 2. The fraction of sp³-hybridized carbons (Fsp3) is 0.269. The molecule has 35 heavy (non-hydrogen) atoms. The minimum atomic E-state index is -0.273. The first-order valence-electron chi connectivity index (χ1n) is 11.3. The second kappa shape index (κ2) is 12.3. The molecule has 0 atom stereocenters. The summed E-state index contributed by atoms with van der Waals surface area (Å²) in [6.07, 6.45) is 3.41. The van der Waals surface area contributed by atoms with Crippen molar-refractivity contribution in [2.24, 2.45) is 4.99 Å². The predicted octanol–water partition coefficient (Wildman–Crippen LogP) is 3.97. The fourth-order valence-corrected chi connectivity index (χ4v) is 3.81. The van der Waals surface area contributed by atoms with Crippen molar-refractivity contribution in [2.75, 3.05) is 38.7 Å². The number of pyridine rings is 1. The Labute approximate surface area is 209 Å². The van der Waals surface area contributed by atoms with Gasteiger partial charge in [-0.25, -0.2) is 4.99 Å². The lowest BCUT2D eigenvalue weighted by atomic mass is 10.1. The maximum absolute atomic E-state index is 13.1. The number of nitrogens with zero attached hydrogens (tertiary/aromatic N) is 3. The molecule has 0 unspecified atom stereocenters. The van der Waals surface area contributed by atoms with Gasteiger partial charge in [-0.15, -0.1) is 0 Å². The Kier molecular flexibility index (Phi) is 8.67. The number of carbonyl (C=O) groups excluding carboxylic acids is 1. The van der Waals surface area contributed by atoms with Crippen molar-refractivity contribution in [3.05, 3.63) is 88.7 Å². The first-order valence-corrected chi connectivity index (χ1v) is 11.7. The quantitative estimate of drug-likeness (QED) is 0.382. The van der Waals surface area contributed by atoms with E-state index in [0.717, 1.165) is 44.0 Å². The third-order valence-electron chi connectivity index (χ3n) is 5.54. The Morgan fingerprint density at radius 3 is 2.54 bits per heavy atom. The average molecular weight is 494 g/mol. The van der Waals surface area contributed by atoms with Crippen LogP contribution in [0.25, 0.3) is 0 Å². The van der Waals surface area contributed by atoms with Gasteiger partial charge in [0.1, 0.15) is 5.75 Å². The van der Waals surface area contributed by atoms with Gasteiger partial charge in [0.25, 0.3) is 5.91 Å². The Bertz CT molecular complexity index is 1150. The van der Waals surface area contributed by atoms with E-state index in [1.807, 2.05) is 36.4 Å². The van der Waals surface area contributed by atoms with Gasteiger partial charge in [-0.2, -0.15) is 0 Å². The molecule has 2 aromatic carbocycles. The summed E-state index contributed by atoms with van der Waals surface area (Å²) in [5.41, 5.74) is 3.23. The van der Waals surface area contributed by atoms with Crippen LogP contribution in [-0.4, -0.2) is 55.2 Å². The summed E-state index contributed by atoms with van der Waals surface area (Å²) in [7, 11) is 1.57. The molecule has 0 aliphatic carbocycles. The molecule has 1 amide bonds. The second-order valence-electron chi connectivity index (χ2n) is 8.03. The molecule has 9 heteroatoms. The number of aromatic nitrogens is 1. The van der Waals surface area contributed by atoms with E-state index in [4.69, 9.17) is 21.1 Å². The van der Waals surface area contributed by atoms with Crippen LogP contribution in [-0.2, 0) is 17.8 Å². The average Bonchev–Trinajstić information content (AvgIpc) is 2.89. The Balaban J connectivity index is 1.48. The number of carbonyl (C=O) groups is 1. The van der Waals surface area contributed by atoms with Crippen LogP contribution < -0.4 is 15.4 Å². The van der Waals surface area contributed by atoms with Crippen molar-refractivity contribution in [1.82, 2.24) is 15.2 Å². The lowest BCUT2D eigenvalue weighted by molar-refractivity contribution is 0.0342. The molecule has 1 aliphatic heterocycles. The Morgan fingerprint density at radius 2 is 1.83 bits per heavy atom. The van der Waals surface area contributed by atoms with Crippen molar-refractivity contribution in [2.45, 2.75) is 13.1 Å². The van der Waals surface area contributed by atoms with Gasteiger partial charge in [0, 0.05) is 42.6 Å². The fourth-order valence-electron chi connectivity index (χ4n) is 3.63. The molecule has 3 aromatic rings. The Morgan fingerprint density at radius 1 is 1.09 bits per heavy atom. The van der Waals surface area contributed by atoms with Gasteiger partial charge in [0.15, 0.2) is 0 Å². The van der Waals surface area contributed by atoms with E-state index >= 15 is 0 Å². The highest BCUT2D eigenvalue weighted by molar-refractivity contribution is 6.31. The number of nitrogens with one attached hydrogen (secondary N) is 2. The molecule has 8 nitrogen and oxygen atoms in total. The molecule has 1 aromatic heterocycles. The van der Waals surface area contributed by atoms with Crippen LogP contribution in [0.15, 0.2) is 72.0 Å². The molecule has 0 spiro atoms. The minimum Gasteiger partial charge on any atom is -0.495 e. The molecule has 2 N–H and O–H groups in total. The molecule has 2 heterocycles. The van der Waals surface area contributed by atoms with Crippen molar-refractivity contribution in [1.29, 1.82) is 0 Å². The minimum absolute atomic E-state index is 0.273. The smallest absolute Gasteiger partial charge is 0.257 e. The van der Waals surface area contributed by atoms with Gasteiger partial charge in [-0.3, -0.25) is 20.0 Å². The number of ether oxygens (including phenoxy) is 2. The number of aliphatic imine (C=N–C) groups is 1. The zero-order valence-corrected chi connectivity index (χ0v) is 20.3. The van der Waals surface area contributed by atoms with Crippen molar-refractivity contribution in [3.8, 4) is 5.75 Å². The van der Waals surface area contributed by atoms with Crippen LogP contribution in [0.1, 0.15) is 21.5 Å². The molecular formula is C26H28ClN5O3. The van der Waals surface area contributed by atoms with E-state index in [1.54, 1.807) is 37.7 Å². The summed E-state index contributed by atoms with van der Waals surface area (Å²) in [4.78, 5) is 24.0. The van der Waals surface area contributed by atoms with E-state index in [9.17, 15) is 4.79 Å². The zero-order chi connectivity index (χ0) is 24.5. The molecule has 4 rings (SSSR count). The number of morpholine rings is 1. The molecule has 0 bridgehead atoms. The number of halogens is 1. The molecule has 182 valence electrons. The largest absolute Gasteiger partial charge is 0.495 e. The number of anilines is 1. The number of rotatable bonds is 7. The van der Waals surface area contributed by atoms with Crippen LogP contribution in [0.3, 0.4) is 0 Å². The first kappa shape index (κ1) is 24.7. The summed E-state index contributed by atoms with van der Waals surface area (Å²) in [5.74, 6) is 0.586.